The van der Waals surface area contributed by atoms with E-state index in [-0.39, 0.29) is 61.9 Å². The van der Waals surface area contributed by atoms with E-state index < -0.39 is 42.1 Å². The quantitative estimate of drug-likeness (QED) is 0.0209. The molecular formula is C74H68ClLiN8O12S4. The number of hydrogen-bond donors (Lipinski definition) is 6. The number of nitrogens with one attached hydrogen (secondary N) is 3. The normalized spacial score (nSPS) is 11.3. The van der Waals surface area contributed by atoms with Gasteiger partial charge in [-0.3, -0.25) is 34.3 Å². The fourth-order valence-electron chi connectivity index (χ4n) is 10.2. The van der Waals surface area contributed by atoms with Crippen LogP contribution in [-0.4, -0.2) is 104 Å². The minimum absolute atomic E-state index is 0. The maximum absolute atomic E-state index is 13.1. The Morgan fingerprint density at radius 1 is 0.520 bits per heavy atom. The van der Waals surface area contributed by atoms with Crippen LogP contribution in [0.25, 0.3) is 74.2 Å². The topological polar surface area (TPSA) is 315 Å². The van der Waals surface area contributed by atoms with Crippen molar-refractivity contribution in [2.24, 2.45) is 5.73 Å². The van der Waals surface area contributed by atoms with E-state index in [1.54, 1.807) is 42.9 Å². The number of aryl methyl sites for hydroxylation is 3. The first-order chi connectivity index (χ1) is 47.9. The number of aromatic carboxylic acids is 2. The first-order valence-electron chi connectivity index (χ1n) is 31.5. The third-order valence-corrected chi connectivity index (χ3v) is 20.3. The zero-order chi connectivity index (χ0) is 70.5. The van der Waals surface area contributed by atoms with Crippen LogP contribution < -0.4 is 45.7 Å². The largest absolute Gasteiger partial charge is 1.00 e. The molecule has 0 bridgehead atoms. The molecule has 8 aromatic heterocycles. The van der Waals surface area contributed by atoms with Crippen molar-refractivity contribution < 1.29 is 77.2 Å². The van der Waals surface area contributed by atoms with Crippen molar-refractivity contribution in [1.82, 2.24) is 35.9 Å². The molecule has 508 valence electrons. The Morgan fingerprint density at radius 3 is 1.37 bits per heavy atom. The first-order valence-corrected chi connectivity index (χ1v) is 35.1. The van der Waals surface area contributed by atoms with Gasteiger partial charge in [0.05, 0.1) is 73.1 Å². The van der Waals surface area contributed by atoms with Crippen LogP contribution >= 0.6 is 56.9 Å². The van der Waals surface area contributed by atoms with E-state index in [2.05, 4.69) is 93.1 Å². The summed E-state index contributed by atoms with van der Waals surface area (Å²) in [5.41, 5.74) is 19.2. The molecule has 0 aliphatic carbocycles. The smallest absolute Gasteiger partial charge is 0.544 e. The van der Waals surface area contributed by atoms with Gasteiger partial charge in [-0.25, -0.2) is 14.4 Å². The van der Waals surface area contributed by atoms with Crippen LogP contribution in [0.2, 0.25) is 5.02 Å². The predicted molar refractivity (Wildman–Crippen MR) is 389 cm³/mol. The summed E-state index contributed by atoms with van der Waals surface area (Å²) in [5.74, 6) is -4.60. The molecule has 2 atom stereocenters. The average Bonchev–Trinajstić information content (AvgIpc) is 1.61. The molecule has 0 aliphatic heterocycles. The van der Waals surface area contributed by atoms with Gasteiger partial charge >= 0.3 is 42.9 Å². The number of ether oxygens (including phenoxy) is 2. The minimum atomic E-state index is -1.20. The summed E-state index contributed by atoms with van der Waals surface area (Å²) in [6.07, 6.45) is 10.3. The van der Waals surface area contributed by atoms with E-state index in [0.717, 1.165) is 107 Å². The molecule has 0 aliphatic rings. The van der Waals surface area contributed by atoms with Crippen molar-refractivity contribution in [3.05, 3.63) is 223 Å². The van der Waals surface area contributed by atoms with Gasteiger partial charge in [0.2, 0.25) is 0 Å². The number of benzene rings is 4. The van der Waals surface area contributed by atoms with Gasteiger partial charge in [-0.2, -0.15) is 0 Å². The number of amides is 3. The molecular weight excluding hydrogens is 1360 g/mol. The molecule has 0 fully saturated rings. The molecule has 0 unspecified atom stereocenters. The molecule has 0 saturated heterocycles. The summed E-state index contributed by atoms with van der Waals surface area (Å²) in [4.78, 5) is 102. The monoisotopic (exact) mass is 1430 g/mol. The third kappa shape index (κ3) is 19.6. The summed E-state index contributed by atoms with van der Waals surface area (Å²) in [6.45, 7) is 8.32. The zero-order valence-electron chi connectivity index (χ0n) is 55.1. The molecule has 0 saturated carbocycles. The Kier molecular flexibility index (Phi) is 28.1. The molecule has 4 aromatic carbocycles. The molecule has 0 spiro atoms. The number of carbonyl (C=O) groups is 7. The van der Waals surface area contributed by atoms with Gasteiger partial charge in [0.15, 0.2) is 0 Å². The average molecular weight is 1430 g/mol. The summed E-state index contributed by atoms with van der Waals surface area (Å²) >= 11 is 10.9. The van der Waals surface area contributed by atoms with Gasteiger partial charge in [-0.1, -0.05) is 149 Å². The standard InChI is InChI=1S/C31H33N3O5S.C19H19N3O3S.C16H13NO2S.C8H4ClNO2S.Li/c1-3-5-17-38-30(36)26(34-31(37)39-20-21-11-7-6-8-12-21)19-33-29(35)27-18-25-28(40-27)24(15-16-32-25)23-14-10-9-13-22(23)4-2;1-2-11-5-3-4-6-12(11)13-7-8-21-15-9-16(26-17(13)15)18(23)22-10-14(20)19(24)25;1-2-10-5-3-4-6-11(10)12-7-8-17-13-9-14(16(18)19)20-15(12)13;9-4-1-2-10-5-3-6(8(11)12)13-7(4)5;/h6-16,18,26H,3-5,17,19-20H2,1-2H3,(H,33,35)(H,34,37);3-9,14H,2,10,20H2,1H3,(H,22,23)(H,24,25);3-9H,2H2,1H3,(H,18,19);1-3H,(H,11,12);/q;;;;+1/p-1/t26-;14-;;;/m11.../s1. The number of aliphatic carboxylic acids is 1. The van der Waals surface area contributed by atoms with Gasteiger partial charge in [-0.05, 0) is 113 Å². The van der Waals surface area contributed by atoms with Gasteiger partial charge in [-0.15, -0.1) is 45.3 Å². The molecule has 7 N–H and O–H groups in total. The Hall–Kier alpha value is -9.74. The molecule has 100 heavy (non-hydrogen) atoms. The number of thiophene rings is 4. The second kappa shape index (κ2) is 36.9. The molecule has 8 heterocycles. The Labute approximate surface area is 608 Å². The maximum atomic E-state index is 13.1. The summed E-state index contributed by atoms with van der Waals surface area (Å²) in [7, 11) is 0. The maximum Gasteiger partial charge on any atom is 1.00 e. The van der Waals surface area contributed by atoms with Gasteiger partial charge < -0.3 is 51.3 Å². The number of rotatable bonds is 22. The number of halogens is 1. The predicted octanol–water partition coefficient (Wildman–Crippen LogP) is 11.1. The second-order valence-electron chi connectivity index (χ2n) is 21.9. The third-order valence-electron chi connectivity index (χ3n) is 15.3. The number of esters is 1. The van der Waals surface area contributed by atoms with Crippen LogP contribution in [0.4, 0.5) is 4.79 Å². The fraction of sp³-hybridized carbons (Fsp3) is 0.203. The number of nitrogens with zero attached hydrogens (tertiary/aromatic N) is 4. The minimum Gasteiger partial charge on any atom is -0.544 e. The van der Waals surface area contributed by atoms with Crippen molar-refractivity contribution in [2.75, 3.05) is 19.7 Å². The summed E-state index contributed by atoms with van der Waals surface area (Å²) in [5, 5.41) is 36.8. The van der Waals surface area contributed by atoms with E-state index in [4.69, 9.17) is 37.0 Å². The van der Waals surface area contributed by atoms with E-state index in [1.807, 2.05) is 91.9 Å². The van der Waals surface area contributed by atoms with Crippen molar-refractivity contribution >= 4 is 140 Å². The number of carboxylic acid groups (broad SMARTS) is 3. The van der Waals surface area contributed by atoms with Crippen LogP contribution in [0, 0.1) is 0 Å². The van der Waals surface area contributed by atoms with Crippen molar-refractivity contribution in [3.63, 3.8) is 0 Å². The van der Waals surface area contributed by atoms with E-state index in [9.17, 15) is 38.7 Å². The van der Waals surface area contributed by atoms with Crippen molar-refractivity contribution in [3.8, 4) is 33.4 Å². The Bertz CT molecular complexity index is 4870. The molecule has 12 aromatic rings. The summed E-state index contributed by atoms with van der Waals surface area (Å²) in [6, 6.07) is 45.6. The molecule has 20 nitrogen and oxygen atoms in total. The molecule has 26 heteroatoms. The van der Waals surface area contributed by atoms with Crippen LogP contribution in [0.5, 0.6) is 0 Å². The number of aromatic nitrogens is 4. The van der Waals surface area contributed by atoms with Crippen LogP contribution in [0.15, 0.2) is 176 Å². The van der Waals surface area contributed by atoms with Gasteiger partial charge in [0.1, 0.15) is 23.6 Å². The zero-order valence-corrected chi connectivity index (χ0v) is 59.1. The number of alkyl carbamates (subject to hydrolysis) is 1. The molecule has 12 rings (SSSR count). The number of unbranched alkanes of at least 4 members (excludes halogenated alkanes) is 1. The Morgan fingerprint density at radius 2 is 0.930 bits per heavy atom. The molecule has 0 radical (unpaired) electrons. The number of carboxylic acids is 3. The van der Waals surface area contributed by atoms with Crippen molar-refractivity contribution in [2.45, 2.75) is 78.5 Å². The summed E-state index contributed by atoms with van der Waals surface area (Å²) < 4.78 is 14.0. The van der Waals surface area contributed by atoms with Gasteiger partial charge in [0, 0.05) is 54.6 Å². The fourth-order valence-corrected chi connectivity index (χ4v) is 14.5. The van der Waals surface area contributed by atoms with E-state index in [0.29, 0.717) is 36.3 Å². The van der Waals surface area contributed by atoms with Crippen LogP contribution in [0.1, 0.15) is 101 Å². The van der Waals surface area contributed by atoms with Crippen LogP contribution in [-0.2, 0) is 44.9 Å². The number of pyridine rings is 4. The number of fused-ring (bicyclic) bond motifs is 4. The van der Waals surface area contributed by atoms with Crippen LogP contribution in [0.3, 0.4) is 0 Å². The number of nitrogens with two attached hydrogens (primary N) is 1. The first kappa shape index (κ1) is 76.0. The molecule has 3 amide bonds. The van der Waals surface area contributed by atoms with E-state index >= 15 is 0 Å². The second-order valence-corrected chi connectivity index (χ2v) is 26.6. The number of carbonyl (C=O) groups excluding carboxylic acids is 5. The van der Waals surface area contributed by atoms with Crippen molar-refractivity contribution in [1.29, 1.82) is 0 Å². The number of hydrogen-bond acceptors (Lipinski definition) is 19. The van der Waals surface area contributed by atoms with Gasteiger partial charge in [0.25, 0.3) is 11.8 Å². The van der Waals surface area contributed by atoms with E-state index in [1.165, 1.54) is 63.0 Å². The SMILES string of the molecule is CCCCOC(=O)[C@@H](CNC(=O)c1cc2nccc(-c3ccccc3CC)c2s1)NC(=O)OCc1ccccc1.CCc1ccccc1-c1ccnc2cc(C(=O)NC[C@@H](N)C(=O)O)sc12.CCc1ccccc1-c1ccnc2cc(C(=O)O)sc12.O=C([O-])c1cc2nccc(Cl)c2s1.[Li+]. The Balaban J connectivity index is 0.000000182.